The van der Waals surface area contributed by atoms with Crippen molar-refractivity contribution in [1.29, 1.82) is 0 Å². The Hall–Kier alpha value is -0.560. The quantitative estimate of drug-likeness (QED) is 0.709. The summed E-state index contributed by atoms with van der Waals surface area (Å²) in [5, 5.41) is 0.831. The molecular weight excluding hydrogens is 344 g/mol. The van der Waals surface area contributed by atoms with Gasteiger partial charge in [-0.15, -0.1) is 0 Å². The molecule has 0 spiro atoms. The van der Waals surface area contributed by atoms with E-state index in [1.54, 1.807) is 0 Å². The van der Waals surface area contributed by atoms with E-state index >= 15 is 0 Å². The summed E-state index contributed by atoms with van der Waals surface area (Å²) in [6.07, 6.45) is 4.94. The molecule has 2 heterocycles. The predicted octanol–water partition coefficient (Wildman–Crippen LogP) is 2.32. The van der Waals surface area contributed by atoms with Crippen LogP contribution in [0.2, 0.25) is 0 Å². The fourth-order valence-electron chi connectivity index (χ4n) is 4.79. The highest BCUT2D eigenvalue weighted by molar-refractivity contribution is 8.15. The lowest BCUT2D eigenvalue weighted by molar-refractivity contribution is -0.124. The maximum Gasteiger partial charge on any atom is 0.253 e. The molecule has 0 radical (unpaired) electrons. The molecule has 134 valence electrons. The molecule has 2 saturated carbocycles. The second-order valence-corrected chi connectivity index (χ2v) is 12.3. The minimum atomic E-state index is -2.96. The van der Waals surface area contributed by atoms with Gasteiger partial charge in [-0.1, -0.05) is 39.0 Å². The van der Waals surface area contributed by atoms with Crippen LogP contribution in [-0.2, 0) is 14.6 Å². The van der Waals surface area contributed by atoms with E-state index in [4.69, 9.17) is 0 Å². The van der Waals surface area contributed by atoms with E-state index in [9.17, 15) is 13.2 Å². The number of sulfone groups is 1. The van der Waals surface area contributed by atoms with Gasteiger partial charge < -0.3 is 4.90 Å². The van der Waals surface area contributed by atoms with Crippen LogP contribution in [0.5, 0.6) is 0 Å². The number of amides is 1. The minimum absolute atomic E-state index is 0.0101. The molecule has 2 aliphatic heterocycles. The fourth-order valence-corrected chi connectivity index (χ4v) is 8.76. The van der Waals surface area contributed by atoms with Crippen molar-refractivity contribution in [3.63, 3.8) is 0 Å². The molecule has 5 nitrogen and oxygen atoms in total. The van der Waals surface area contributed by atoms with Gasteiger partial charge in [0, 0.05) is 16.7 Å². The molecule has 4 rings (SSSR count). The van der Waals surface area contributed by atoms with E-state index in [-0.39, 0.29) is 28.7 Å². The van der Waals surface area contributed by atoms with Crippen LogP contribution < -0.4 is 0 Å². The zero-order chi connectivity index (χ0) is 17.3. The first-order chi connectivity index (χ1) is 11.1. The molecule has 0 N–H and O–H groups in total. The van der Waals surface area contributed by atoms with Crippen LogP contribution in [0, 0.1) is 17.3 Å². The predicted molar refractivity (Wildman–Crippen MR) is 96.8 cm³/mol. The van der Waals surface area contributed by atoms with Crippen molar-refractivity contribution in [1.82, 2.24) is 4.90 Å². The van der Waals surface area contributed by atoms with Crippen LogP contribution in [0.25, 0.3) is 0 Å². The number of hydrogen-bond donors (Lipinski definition) is 0. The molecule has 24 heavy (non-hydrogen) atoms. The van der Waals surface area contributed by atoms with Crippen LogP contribution in [0.3, 0.4) is 0 Å². The van der Waals surface area contributed by atoms with Gasteiger partial charge in [0.1, 0.15) is 0 Å². The largest absolute Gasteiger partial charge is 0.343 e. The highest BCUT2D eigenvalue weighted by Crippen LogP contribution is 2.51. The average Bonchev–Trinajstić information content (AvgIpc) is 3.16. The molecular formula is C17H26N2O3S2. The third kappa shape index (κ3) is 2.81. The Morgan fingerprint density at radius 2 is 1.92 bits per heavy atom. The van der Waals surface area contributed by atoms with Crippen LogP contribution >= 0.6 is 11.8 Å². The topological polar surface area (TPSA) is 66.8 Å². The van der Waals surface area contributed by atoms with Gasteiger partial charge in [-0.3, -0.25) is 4.79 Å². The molecule has 4 fully saturated rings. The van der Waals surface area contributed by atoms with Crippen LogP contribution in [0.15, 0.2) is 4.99 Å². The molecule has 4 aliphatic rings. The molecule has 7 heteroatoms. The number of aliphatic imine (C=N–C) groups is 1. The van der Waals surface area contributed by atoms with E-state index in [0.717, 1.165) is 17.5 Å². The Balaban J connectivity index is 1.66. The zero-order valence-corrected chi connectivity index (χ0v) is 16.2. The lowest BCUT2D eigenvalue weighted by atomic mass is 9.93. The van der Waals surface area contributed by atoms with Gasteiger partial charge in [0.25, 0.3) is 5.91 Å². The van der Waals surface area contributed by atoms with Gasteiger partial charge in [0.2, 0.25) is 0 Å². The number of hydrogen-bond acceptors (Lipinski definition) is 4. The summed E-state index contributed by atoms with van der Waals surface area (Å²) < 4.78 is 24.2. The lowest BCUT2D eigenvalue weighted by Gasteiger charge is -2.36. The Bertz CT molecular complexity index is 695. The normalized spacial score (nSPS) is 42.0. The van der Waals surface area contributed by atoms with Gasteiger partial charge in [0.15, 0.2) is 15.0 Å². The number of nitrogens with zero attached hydrogens (tertiary/aromatic N) is 2. The number of carbonyl (C=O) groups is 1. The van der Waals surface area contributed by atoms with Gasteiger partial charge in [-0.2, -0.15) is 4.99 Å². The van der Waals surface area contributed by atoms with E-state index in [1.165, 1.54) is 31.0 Å². The van der Waals surface area contributed by atoms with Crippen molar-refractivity contribution in [2.45, 2.75) is 63.8 Å². The summed E-state index contributed by atoms with van der Waals surface area (Å²) in [5.74, 6) is 1.76. The second-order valence-electron chi connectivity index (χ2n) is 8.90. The fraction of sp³-hybridized carbons (Fsp3) is 0.882. The summed E-state index contributed by atoms with van der Waals surface area (Å²) in [6, 6.07) is 0.391. The molecule has 0 aromatic heterocycles. The molecule has 0 aromatic carbocycles. The third-order valence-electron chi connectivity index (χ3n) is 6.00. The minimum Gasteiger partial charge on any atom is -0.343 e. The van der Waals surface area contributed by atoms with E-state index < -0.39 is 15.3 Å². The molecule has 0 aromatic rings. The summed E-state index contributed by atoms with van der Waals surface area (Å²) in [7, 11) is -2.96. The van der Waals surface area contributed by atoms with Crippen molar-refractivity contribution in [2.75, 3.05) is 11.5 Å². The van der Waals surface area contributed by atoms with Crippen LogP contribution in [0.4, 0.5) is 0 Å². The van der Waals surface area contributed by atoms with Crippen molar-refractivity contribution < 1.29 is 13.2 Å². The number of thioether (sulfide) groups is 1. The Kier molecular flexibility index (Phi) is 3.85. The maximum absolute atomic E-state index is 12.4. The summed E-state index contributed by atoms with van der Waals surface area (Å²) in [4.78, 5) is 19.2. The number of rotatable bonds is 1. The van der Waals surface area contributed by atoms with Crippen molar-refractivity contribution in [2.24, 2.45) is 22.2 Å². The summed E-state index contributed by atoms with van der Waals surface area (Å²) >= 11 is 1.53. The molecule has 1 amide bonds. The Morgan fingerprint density at radius 1 is 1.17 bits per heavy atom. The molecule has 2 bridgehead atoms. The SMILES string of the molecule is CC(C)(C)C(=O)N=C1SC2CS(=O)(=O)CC2N1C1CC2CCC1C2. The average molecular weight is 371 g/mol. The second kappa shape index (κ2) is 5.47. The van der Waals surface area contributed by atoms with Gasteiger partial charge in [0.05, 0.1) is 17.5 Å². The highest BCUT2D eigenvalue weighted by atomic mass is 32.2. The smallest absolute Gasteiger partial charge is 0.253 e. The van der Waals surface area contributed by atoms with Crippen molar-refractivity contribution >= 4 is 32.7 Å². The first-order valence-electron chi connectivity index (χ1n) is 8.92. The number of fused-ring (bicyclic) bond motifs is 3. The third-order valence-corrected chi connectivity index (χ3v) is 9.23. The molecule has 5 unspecified atom stereocenters. The van der Waals surface area contributed by atoms with E-state index in [1.807, 2.05) is 20.8 Å². The van der Waals surface area contributed by atoms with Crippen LogP contribution in [0.1, 0.15) is 46.5 Å². The standard InChI is InChI=1S/C17H26N2O3S2/c1-17(2,3)15(20)18-16-19(12-7-10-4-5-11(12)6-10)13-8-24(21,22)9-14(13)23-16/h10-14H,4-9H2,1-3H3. The molecule has 2 aliphatic carbocycles. The van der Waals surface area contributed by atoms with Crippen molar-refractivity contribution in [3.05, 3.63) is 0 Å². The molecule has 5 atom stereocenters. The lowest BCUT2D eigenvalue weighted by Crippen LogP contribution is -2.47. The zero-order valence-electron chi connectivity index (χ0n) is 14.6. The van der Waals surface area contributed by atoms with Gasteiger partial charge >= 0.3 is 0 Å². The Morgan fingerprint density at radius 3 is 2.50 bits per heavy atom. The van der Waals surface area contributed by atoms with Gasteiger partial charge in [-0.05, 0) is 31.1 Å². The van der Waals surface area contributed by atoms with Gasteiger partial charge in [-0.25, -0.2) is 8.42 Å². The summed E-state index contributed by atoms with van der Waals surface area (Å²) in [5.41, 5.74) is -0.502. The maximum atomic E-state index is 12.4. The van der Waals surface area contributed by atoms with Crippen LogP contribution in [-0.4, -0.2) is 53.2 Å². The monoisotopic (exact) mass is 370 g/mol. The highest BCUT2D eigenvalue weighted by Gasteiger charge is 2.54. The van der Waals surface area contributed by atoms with E-state index in [0.29, 0.717) is 12.0 Å². The first-order valence-corrected chi connectivity index (χ1v) is 11.6. The molecule has 2 saturated heterocycles. The Labute approximate surface area is 148 Å². The van der Waals surface area contributed by atoms with Crippen molar-refractivity contribution in [3.8, 4) is 0 Å². The number of amidine groups is 1. The first kappa shape index (κ1) is 16.9. The van der Waals surface area contributed by atoms with E-state index in [2.05, 4.69) is 9.89 Å². The number of carbonyl (C=O) groups excluding carboxylic acids is 1. The summed E-state index contributed by atoms with van der Waals surface area (Å²) in [6.45, 7) is 5.64.